The third-order valence-corrected chi connectivity index (χ3v) is 5.96. The highest BCUT2D eigenvalue weighted by Gasteiger charge is 2.24. The fraction of sp³-hybridized carbons (Fsp3) is 0.652. The lowest BCUT2D eigenvalue weighted by molar-refractivity contribution is -0.131. The van der Waals surface area contributed by atoms with Crippen molar-refractivity contribution >= 4 is 11.9 Å². The number of methoxy groups -OCH3 is 1. The molecule has 2 heterocycles. The van der Waals surface area contributed by atoms with E-state index in [9.17, 15) is 4.79 Å². The third-order valence-electron chi connectivity index (χ3n) is 5.96. The van der Waals surface area contributed by atoms with Crippen LogP contribution in [0.3, 0.4) is 0 Å². The normalized spacial score (nSPS) is 18.0. The van der Waals surface area contributed by atoms with Gasteiger partial charge in [0, 0.05) is 52.4 Å². The molecule has 0 bridgehead atoms. The smallest absolute Gasteiger partial charge is 0.236 e. The fourth-order valence-corrected chi connectivity index (χ4v) is 4.11. The highest BCUT2D eigenvalue weighted by Crippen LogP contribution is 2.19. The van der Waals surface area contributed by atoms with E-state index in [-0.39, 0.29) is 5.91 Å². The van der Waals surface area contributed by atoms with E-state index in [1.165, 1.54) is 5.56 Å². The van der Waals surface area contributed by atoms with Gasteiger partial charge in [0.15, 0.2) is 5.96 Å². The molecule has 30 heavy (non-hydrogen) atoms. The summed E-state index contributed by atoms with van der Waals surface area (Å²) in [5, 5.41) is 3.43. The number of aliphatic imine (C=N–C) groups is 1. The van der Waals surface area contributed by atoms with Gasteiger partial charge in [-0.05, 0) is 50.3 Å². The predicted molar refractivity (Wildman–Crippen MR) is 121 cm³/mol. The van der Waals surface area contributed by atoms with E-state index in [0.29, 0.717) is 6.54 Å². The van der Waals surface area contributed by atoms with Crippen LogP contribution in [0.2, 0.25) is 0 Å². The molecule has 0 saturated carbocycles. The Hall–Kier alpha value is -2.28. The van der Waals surface area contributed by atoms with Crippen LogP contribution in [0.15, 0.2) is 23.2 Å². The Morgan fingerprint density at radius 2 is 1.83 bits per heavy atom. The lowest BCUT2D eigenvalue weighted by Gasteiger charge is -2.36. The van der Waals surface area contributed by atoms with Crippen LogP contribution in [0.5, 0.6) is 5.75 Å². The molecule has 2 fully saturated rings. The van der Waals surface area contributed by atoms with Crippen molar-refractivity contribution < 1.29 is 9.53 Å². The van der Waals surface area contributed by atoms with Gasteiger partial charge in [-0.3, -0.25) is 14.7 Å². The zero-order valence-electron chi connectivity index (χ0n) is 18.8. The molecule has 2 aliphatic rings. The molecule has 7 heteroatoms. The molecule has 0 unspecified atom stereocenters. The van der Waals surface area contributed by atoms with Crippen molar-refractivity contribution in [2.75, 3.05) is 66.0 Å². The lowest BCUT2D eigenvalue weighted by Crippen LogP contribution is -2.54. The SMILES string of the molecule is CCNC(=NCCc1ccc(C)c(OC)c1)N1CCN(CC(=O)N2CCCC2)CC1. The number of rotatable bonds is 7. The third kappa shape index (κ3) is 6.11. The molecular formula is C23H37N5O2. The molecule has 0 spiro atoms. The summed E-state index contributed by atoms with van der Waals surface area (Å²) < 4.78 is 5.43. The molecule has 1 amide bonds. The number of hydrogen-bond donors (Lipinski definition) is 1. The molecule has 0 aromatic heterocycles. The first-order chi connectivity index (χ1) is 14.6. The quantitative estimate of drug-likeness (QED) is 0.543. The summed E-state index contributed by atoms with van der Waals surface area (Å²) in [6.45, 7) is 11.8. The van der Waals surface area contributed by atoms with E-state index in [1.54, 1.807) is 7.11 Å². The van der Waals surface area contributed by atoms with E-state index in [4.69, 9.17) is 9.73 Å². The number of piperazine rings is 1. The predicted octanol–water partition coefficient (Wildman–Crippen LogP) is 1.75. The molecule has 1 N–H and O–H groups in total. The molecule has 1 aromatic carbocycles. The number of hydrogen-bond acceptors (Lipinski definition) is 4. The number of benzene rings is 1. The number of guanidine groups is 1. The zero-order valence-corrected chi connectivity index (χ0v) is 18.8. The van der Waals surface area contributed by atoms with Crippen molar-refractivity contribution in [2.45, 2.75) is 33.1 Å². The van der Waals surface area contributed by atoms with Crippen molar-refractivity contribution in [3.8, 4) is 5.75 Å². The second-order valence-electron chi connectivity index (χ2n) is 8.14. The van der Waals surface area contributed by atoms with Gasteiger partial charge < -0.3 is 19.9 Å². The summed E-state index contributed by atoms with van der Waals surface area (Å²) in [7, 11) is 1.71. The van der Waals surface area contributed by atoms with Gasteiger partial charge in [-0.25, -0.2) is 0 Å². The Kier molecular flexibility index (Phi) is 8.37. The fourth-order valence-electron chi connectivity index (χ4n) is 4.11. The lowest BCUT2D eigenvalue weighted by atomic mass is 10.1. The molecule has 3 rings (SSSR count). The Morgan fingerprint density at radius 3 is 2.50 bits per heavy atom. The van der Waals surface area contributed by atoms with Gasteiger partial charge in [0.2, 0.25) is 5.91 Å². The number of nitrogens with zero attached hydrogens (tertiary/aromatic N) is 4. The first-order valence-corrected chi connectivity index (χ1v) is 11.3. The van der Waals surface area contributed by atoms with Gasteiger partial charge in [-0.15, -0.1) is 0 Å². The Bertz CT molecular complexity index is 722. The number of ether oxygens (including phenoxy) is 1. The van der Waals surface area contributed by atoms with E-state index in [1.807, 2.05) is 4.90 Å². The van der Waals surface area contributed by atoms with Gasteiger partial charge in [0.1, 0.15) is 5.75 Å². The van der Waals surface area contributed by atoms with Crippen molar-refractivity contribution in [1.82, 2.24) is 20.0 Å². The number of amides is 1. The highest BCUT2D eigenvalue weighted by molar-refractivity contribution is 5.80. The van der Waals surface area contributed by atoms with Crippen LogP contribution < -0.4 is 10.1 Å². The van der Waals surface area contributed by atoms with Gasteiger partial charge in [-0.2, -0.15) is 0 Å². The molecule has 7 nitrogen and oxygen atoms in total. The standard InChI is InChI=1S/C23H37N5O2/c1-4-24-23(25-10-9-20-8-7-19(2)21(17-20)30-3)28-15-13-26(14-16-28)18-22(29)27-11-5-6-12-27/h7-8,17H,4-6,9-16,18H2,1-3H3,(H,24,25). The van der Waals surface area contributed by atoms with Crippen LogP contribution in [0.4, 0.5) is 0 Å². The topological polar surface area (TPSA) is 60.4 Å². The summed E-state index contributed by atoms with van der Waals surface area (Å²) in [4.78, 5) is 23.9. The molecular weight excluding hydrogens is 378 g/mol. The zero-order chi connectivity index (χ0) is 21.3. The second kappa shape index (κ2) is 11.2. The molecule has 0 atom stereocenters. The minimum absolute atomic E-state index is 0.287. The maximum Gasteiger partial charge on any atom is 0.236 e. The van der Waals surface area contributed by atoms with Crippen molar-refractivity contribution in [2.24, 2.45) is 4.99 Å². The van der Waals surface area contributed by atoms with E-state index >= 15 is 0 Å². The molecule has 1 aromatic rings. The second-order valence-corrected chi connectivity index (χ2v) is 8.14. The monoisotopic (exact) mass is 415 g/mol. The summed E-state index contributed by atoms with van der Waals surface area (Å²) in [5.74, 6) is 2.19. The van der Waals surface area contributed by atoms with Crippen LogP contribution in [0, 0.1) is 6.92 Å². The molecule has 0 aliphatic carbocycles. The number of likely N-dealkylation sites (tertiary alicyclic amines) is 1. The molecule has 166 valence electrons. The van der Waals surface area contributed by atoms with Crippen LogP contribution in [-0.2, 0) is 11.2 Å². The summed E-state index contributed by atoms with van der Waals surface area (Å²) in [5.41, 5.74) is 2.39. The first kappa shape index (κ1) is 22.4. The minimum Gasteiger partial charge on any atom is -0.496 e. The van der Waals surface area contributed by atoms with E-state index in [0.717, 1.165) is 88.9 Å². The molecule has 0 radical (unpaired) electrons. The van der Waals surface area contributed by atoms with E-state index in [2.05, 4.69) is 47.2 Å². The van der Waals surface area contributed by atoms with Gasteiger partial charge in [-0.1, -0.05) is 12.1 Å². The number of carbonyl (C=O) groups excluding carboxylic acids is 1. The number of carbonyl (C=O) groups is 1. The Balaban J connectivity index is 1.49. The summed E-state index contributed by atoms with van der Waals surface area (Å²) >= 11 is 0. The van der Waals surface area contributed by atoms with Gasteiger partial charge in [0.05, 0.1) is 13.7 Å². The maximum absolute atomic E-state index is 12.4. The van der Waals surface area contributed by atoms with Gasteiger partial charge in [0.25, 0.3) is 0 Å². The minimum atomic E-state index is 0.287. The van der Waals surface area contributed by atoms with Crippen molar-refractivity contribution in [1.29, 1.82) is 0 Å². The van der Waals surface area contributed by atoms with Crippen molar-refractivity contribution in [3.63, 3.8) is 0 Å². The number of nitrogens with one attached hydrogen (secondary N) is 1. The average molecular weight is 416 g/mol. The van der Waals surface area contributed by atoms with Crippen LogP contribution in [-0.4, -0.2) is 92.6 Å². The Morgan fingerprint density at radius 1 is 1.10 bits per heavy atom. The summed E-state index contributed by atoms with van der Waals surface area (Å²) in [6, 6.07) is 6.36. The Labute approximate surface area is 181 Å². The van der Waals surface area contributed by atoms with Crippen molar-refractivity contribution in [3.05, 3.63) is 29.3 Å². The highest BCUT2D eigenvalue weighted by atomic mass is 16.5. The van der Waals surface area contributed by atoms with Crippen LogP contribution in [0.25, 0.3) is 0 Å². The summed E-state index contributed by atoms with van der Waals surface area (Å²) in [6.07, 6.45) is 3.19. The molecule has 2 saturated heterocycles. The average Bonchev–Trinajstić information content (AvgIpc) is 3.30. The first-order valence-electron chi connectivity index (χ1n) is 11.3. The van der Waals surface area contributed by atoms with E-state index < -0.39 is 0 Å². The van der Waals surface area contributed by atoms with Crippen LogP contribution >= 0.6 is 0 Å². The maximum atomic E-state index is 12.4. The molecule has 2 aliphatic heterocycles. The van der Waals surface area contributed by atoms with Gasteiger partial charge >= 0.3 is 0 Å². The largest absolute Gasteiger partial charge is 0.496 e. The number of aryl methyl sites for hydroxylation is 1. The van der Waals surface area contributed by atoms with Crippen LogP contribution in [0.1, 0.15) is 30.9 Å².